The van der Waals surface area contributed by atoms with E-state index in [0.717, 1.165) is 37.0 Å². The fraction of sp³-hybridized carbons (Fsp3) is 0.579. The summed E-state index contributed by atoms with van der Waals surface area (Å²) in [6, 6.07) is 6.57. The number of nitrogens with zero attached hydrogens (tertiary/aromatic N) is 2. The molecule has 0 radical (unpaired) electrons. The number of aromatic nitrogens is 2. The van der Waals surface area contributed by atoms with Gasteiger partial charge in [-0.15, -0.1) is 10.2 Å². The molecule has 4 saturated carbocycles. The van der Waals surface area contributed by atoms with Gasteiger partial charge in [0.25, 0.3) is 5.89 Å². The third-order valence-electron chi connectivity index (χ3n) is 6.25. The standard InChI is InChI=1S/C19H20F2N2O2/c20-18(21)24-15-4-2-1-3-14(15)16-22-23-17(25-16)19-8-11-5-12(9-19)7-13(6-11)10-19/h1-4,11-13,18H,5-10H2. The molecule has 4 nitrogen and oxygen atoms in total. The number of para-hydroxylation sites is 1. The molecule has 1 heterocycles. The van der Waals surface area contributed by atoms with Crippen molar-refractivity contribution in [3.63, 3.8) is 0 Å². The SMILES string of the molecule is FC(F)Oc1ccccc1-c1nnc(C23CC4CC(CC(C4)C2)C3)o1. The van der Waals surface area contributed by atoms with E-state index >= 15 is 0 Å². The summed E-state index contributed by atoms with van der Waals surface area (Å²) in [5.74, 6) is 3.34. The highest BCUT2D eigenvalue weighted by molar-refractivity contribution is 5.62. The van der Waals surface area contributed by atoms with E-state index in [2.05, 4.69) is 14.9 Å². The van der Waals surface area contributed by atoms with Gasteiger partial charge in [-0.3, -0.25) is 0 Å². The molecule has 25 heavy (non-hydrogen) atoms. The molecule has 1 aromatic heterocycles. The first kappa shape index (κ1) is 15.3. The average molecular weight is 346 g/mol. The second-order valence-corrected chi connectivity index (χ2v) is 7.98. The number of halogens is 2. The Kier molecular flexibility index (Phi) is 3.37. The number of rotatable bonds is 4. The van der Waals surface area contributed by atoms with Crippen molar-refractivity contribution >= 4 is 0 Å². The van der Waals surface area contributed by atoms with Crippen LogP contribution in [0.5, 0.6) is 5.75 Å². The summed E-state index contributed by atoms with van der Waals surface area (Å²) >= 11 is 0. The molecule has 0 aliphatic heterocycles. The van der Waals surface area contributed by atoms with E-state index in [0.29, 0.717) is 11.5 Å². The second-order valence-electron chi connectivity index (χ2n) is 7.98. The van der Waals surface area contributed by atoms with Crippen molar-refractivity contribution in [1.82, 2.24) is 10.2 Å². The van der Waals surface area contributed by atoms with Crippen LogP contribution in [0.1, 0.15) is 44.4 Å². The zero-order valence-electron chi connectivity index (χ0n) is 13.8. The molecular formula is C19H20F2N2O2. The van der Waals surface area contributed by atoms with E-state index in [1.165, 1.54) is 25.3 Å². The fourth-order valence-electron chi connectivity index (χ4n) is 5.76. The largest absolute Gasteiger partial charge is 0.434 e. The Morgan fingerprint density at radius 2 is 1.64 bits per heavy atom. The van der Waals surface area contributed by atoms with Crippen LogP contribution in [0.25, 0.3) is 11.5 Å². The highest BCUT2D eigenvalue weighted by Crippen LogP contribution is 2.60. The maximum Gasteiger partial charge on any atom is 0.387 e. The van der Waals surface area contributed by atoms with Gasteiger partial charge in [0.15, 0.2) is 0 Å². The molecule has 0 amide bonds. The minimum absolute atomic E-state index is 0.00147. The van der Waals surface area contributed by atoms with Crippen molar-refractivity contribution in [2.45, 2.75) is 50.6 Å². The third-order valence-corrected chi connectivity index (χ3v) is 6.25. The van der Waals surface area contributed by atoms with E-state index in [-0.39, 0.29) is 17.1 Å². The number of hydrogen-bond acceptors (Lipinski definition) is 4. The van der Waals surface area contributed by atoms with Crippen molar-refractivity contribution in [2.75, 3.05) is 0 Å². The van der Waals surface area contributed by atoms with Crippen LogP contribution >= 0.6 is 0 Å². The maximum absolute atomic E-state index is 12.6. The predicted octanol–water partition coefficient (Wildman–Crippen LogP) is 4.81. The summed E-state index contributed by atoms with van der Waals surface area (Å²) in [5, 5.41) is 8.51. The Bertz CT molecular complexity index is 754. The molecule has 132 valence electrons. The molecular weight excluding hydrogens is 326 g/mol. The molecule has 2 aromatic rings. The minimum atomic E-state index is -2.88. The summed E-state index contributed by atoms with van der Waals surface area (Å²) in [6.07, 6.45) is 7.38. The van der Waals surface area contributed by atoms with Crippen molar-refractivity contribution < 1.29 is 17.9 Å². The van der Waals surface area contributed by atoms with E-state index in [4.69, 9.17) is 4.42 Å². The van der Waals surface area contributed by atoms with Crippen LogP contribution in [0, 0.1) is 17.8 Å². The molecule has 4 aliphatic carbocycles. The van der Waals surface area contributed by atoms with Gasteiger partial charge in [-0.05, 0) is 68.4 Å². The topological polar surface area (TPSA) is 48.2 Å². The van der Waals surface area contributed by atoms with Crippen molar-refractivity contribution in [3.05, 3.63) is 30.2 Å². The van der Waals surface area contributed by atoms with Crippen molar-refractivity contribution in [3.8, 4) is 17.2 Å². The monoisotopic (exact) mass is 346 g/mol. The van der Waals surface area contributed by atoms with Crippen LogP contribution in [-0.4, -0.2) is 16.8 Å². The highest BCUT2D eigenvalue weighted by Gasteiger charge is 2.54. The van der Waals surface area contributed by atoms with E-state index in [9.17, 15) is 8.78 Å². The van der Waals surface area contributed by atoms with Gasteiger partial charge in [0, 0.05) is 5.41 Å². The van der Waals surface area contributed by atoms with Crippen LogP contribution in [0.3, 0.4) is 0 Å². The summed E-state index contributed by atoms with van der Waals surface area (Å²) in [5.41, 5.74) is 0.421. The minimum Gasteiger partial charge on any atom is -0.434 e. The molecule has 0 N–H and O–H groups in total. The van der Waals surface area contributed by atoms with Gasteiger partial charge in [-0.2, -0.15) is 8.78 Å². The summed E-state index contributed by atoms with van der Waals surface area (Å²) in [6.45, 7) is -2.88. The second kappa shape index (κ2) is 5.51. The first-order valence-corrected chi connectivity index (χ1v) is 8.99. The van der Waals surface area contributed by atoms with Crippen molar-refractivity contribution in [1.29, 1.82) is 0 Å². The lowest BCUT2D eigenvalue weighted by atomic mass is 9.49. The molecule has 6 heteroatoms. The van der Waals surface area contributed by atoms with Gasteiger partial charge < -0.3 is 9.15 Å². The van der Waals surface area contributed by atoms with Crippen molar-refractivity contribution in [2.24, 2.45) is 17.8 Å². The smallest absolute Gasteiger partial charge is 0.387 e. The molecule has 0 unspecified atom stereocenters. The Morgan fingerprint density at radius 1 is 1.00 bits per heavy atom. The van der Waals surface area contributed by atoms with Gasteiger partial charge in [0.2, 0.25) is 5.89 Å². The molecule has 4 bridgehead atoms. The van der Waals surface area contributed by atoms with E-state index < -0.39 is 6.61 Å². The van der Waals surface area contributed by atoms with Crippen LogP contribution in [-0.2, 0) is 5.41 Å². The van der Waals surface area contributed by atoms with Crippen LogP contribution in [0.2, 0.25) is 0 Å². The molecule has 0 saturated heterocycles. The normalized spacial score (nSPS) is 33.2. The lowest BCUT2D eigenvalue weighted by molar-refractivity contribution is -0.0495. The van der Waals surface area contributed by atoms with Gasteiger partial charge in [0.1, 0.15) is 5.75 Å². The van der Waals surface area contributed by atoms with Gasteiger partial charge >= 0.3 is 6.61 Å². The number of hydrogen-bond donors (Lipinski definition) is 0. The lowest BCUT2D eigenvalue weighted by Crippen LogP contribution is -2.48. The summed E-state index contributed by atoms with van der Waals surface area (Å²) < 4.78 is 35.9. The quantitative estimate of drug-likeness (QED) is 0.797. The van der Waals surface area contributed by atoms with Crippen LogP contribution in [0.4, 0.5) is 8.78 Å². The Morgan fingerprint density at radius 3 is 2.28 bits per heavy atom. The van der Waals surface area contributed by atoms with Crippen LogP contribution in [0.15, 0.2) is 28.7 Å². The Hall–Kier alpha value is -1.98. The lowest BCUT2D eigenvalue weighted by Gasteiger charge is -2.55. The van der Waals surface area contributed by atoms with Crippen LogP contribution < -0.4 is 4.74 Å². The van der Waals surface area contributed by atoms with E-state index in [1.54, 1.807) is 18.2 Å². The number of alkyl halides is 2. The summed E-state index contributed by atoms with van der Waals surface area (Å²) in [7, 11) is 0. The third kappa shape index (κ3) is 2.53. The first-order valence-electron chi connectivity index (χ1n) is 8.99. The number of benzene rings is 1. The molecule has 0 atom stereocenters. The highest BCUT2D eigenvalue weighted by atomic mass is 19.3. The van der Waals surface area contributed by atoms with Gasteiger partial charge in [-0.1, -0.05) is 12.1 Å². The molecule has 4 aliphatic rings. The zero-order valence-corrected chi connectivity index (χ0v) is 13.8. The maximum atomic E-state index is 12.6. The molecule has 0 spiro atoms. The number of ether oxygens (including phenoxy) is 1. The van der Waals surface area contributed by atoms with Gasteiger partial charge in [-0.25, -0.2) is 0 Å². The fourth-order valence-corrected chi connectivity index (χ4v) is 5.76. The molecule has 6 rings (SSSR count). The van der Waals surface area contributed by atoms with E-state index in [1.807, 2.05) is 0 Å². The average Bonchev–Trinajstić information content (AvgIpc) is 3.04. The predicted molar refractivity (Wildman–Crippen MR) is 86.2 cm³/mol. The van der Waals surface area contributed by atoms with Gasteiger partial charge in [0.05, 0.1) is 5.56 Å². The Balaban J connectivity index is 1.49. The Labute approximate surface area is 144 Å². The summed E-state index contributed by atoms with van der Waals surface area (Å²) in [4.78, 5) is 0. The zero-order chi connectivity index (χ0) is 17.0. The molecule has 4 fully saturated rings. The first-order chi connectivity index (χ1) is 12.1. The molecule has 1 aromatic carbocycles.